The maximum absolute atomic E-state index is 4.46. The molecule has 0 aliphatic rings. The fourth-order valence-corrected chi connectivity index (χ4v) is 2.15. The zero-order valence-corrected chi connectivity index (χ0v) is 12.2. The summed E-state index contributed by atoms with van der Waals surface area (Å²) in [5.41, 5.74) is 0. The highest BCUT2D eigenvalue weighted by Crippen LogP contribution is 2.23. The quantitative estimate of drug-likeness (QED) is 0.874. The van der Waals surface area contributed by atoms with E-state index < -0.39 is 0 Å². The lowest BCUT2D eigenvalue weighted by atomic mass is 10.5. The summed E-state index contributed by atoms with van der Waals surface area (Å²) in [6.45, 7) is 3.83. The van der Waals surface area contributed by atoms with Crippen molar-refractivity contribution in [3.05, 3.63) is 10.7 Å². The lowest BCUT2D eigenvalue weighted by Gasteiger charge is -2.19. The second-order valence-corrected chi connectivity index (χ2v) is 5.15. The van der Waals surface area contributed by atoms with Gasteiger partial charge in [0.05, 0.1) is 4.47 Å². The topological polar surface area (TPSA) is 41.1 Å². The van der Waals surface area contributed by atoms with E-state index in [1.54, 1.807) is 6.20 Å². The normalized spacial score (nSPS) is 10.2. The summed E-state index contributed by atoms with van der Waals surface area (Å²) in [5, 5.41) is 3.11. The molecule has 6 heteroatoms. The van der Waals surface area contributed by atoms with Crippen LogP contribution in [0.5, 0.6) is 0 Å². The van der Waals surface area contributed by atoms with Crippen molar-refractivity contribution in [1.82, 2.24) is 9.97 Å². The average Bonchev–Trinajstić information content (AvgIpc) is 2.29. The molecule has 0 radical (unpaired) electrons. The molecule has 0 saturated carbocycles. The number of aromatic nitrogens is 2. The summed E-state index contributed by atoms with van der Waals surface area (Å²) >= 11 is 5.30. The number of rotatable bonds is 6. The number of halogens is 1. The summed E-state index contributed by atoms with van der Waals surface area (Å²) in [6, 6.07) is 0. The molecular formula is C10H17BrN4S. The standard InChI is InChI=1S/C10H17BrN4S/c1-4-12-10-13-7-8(11)9(14-10)15(2)5-6-16-3/h7H,4-6H2,1-3H3,(H,12,13,14). The van der Waals surface area contributed by atoms with E-state index in [1.165, 1.54) is 0 Å². The van der Waals surface area contributed by atoms with Gasteiger partial charge in [-0.1, -0.05) is 0 Å². The van der Waals surface area contributed by atoms with Crippen LogP contribution in [0.2, 0.25) is 0 Å². The first-order valence-electron chi connectivity index (χ1n) is 5.15. The second-order valence-electron chi connectivity index (χ2n) is 3.31. The molecule has 0 bridgehead atoms. The van der Waals surface area contributed by atoms with Crippen LogP contribution >= 0.6 is 27.7 Å². The predicted octanol–water partition coefficient (Wildman–Crippen LogP) is 2.47. The van der Waals surface area contributed by atoms with Gasteiger partial charge in [0, 0.05) is 32.1 Å². The Labute approximate surface area is 109 Å². The van der Waals surface area contributed by atoms with E-state index in [0.29, 0.717) is 5.95 Å². The van der Waals surface area contributed by atoms with Crippen LogP contribution in [-0.4, -0.2) is 42.1 Å². The molecule has 0 unspecified atom stereocenters. The molecule has 1 heterocycles. The highest BCUT2D eigenvalue weighted by atomic mass is 79.9. The van der Waals surface area contributed by atoms with Gasteiger partial charge in [0.25, 0.3) is 0 Å². The van der Waals surface area contributed by atoms with Gasteiger partial charge in [0.2, 0.25) is 5.95 Å². The van der Waals surface area contributed by atoms with Crippen molar-refractivity contribution in [2.75, 3.05) is 42.4 Å². The van der Waals surface area contributed by atoms with Crippen LogP contribution in [0.15, 0.2) is 10.7 Å². The number of thioether (sulfide) groups is 1. The minimum atomic E-state index is 0.678. The molecule has 1 aromatic rings. The third-order valence-electron chi connectivity index (χ3n) is 2.05. The SMILES string of the molecule is CCNc1ncc(Br)c(N(C)CCSC)n1. The van der Waals surface area contributed by atoms with Gasteiger partial charge in [-0.15, -0.1) is 0 Å². The van der Waals surface area contributed by atoms with E-state index in [1.807, 2.05) is 25.7 Å². The van der Waals surface area contributed by atoms with Gasteiger partial charge in [0.15, 0.2) is 0 Å². The van der Waals surface area contributed by atoms with Gasteiger partial charge in [0.1, 0.15) is 5.82 Å². The van der Waals surface area contributed by atoms with E-state index >= 15 is 0 Å². The molecule has 1 aromatic heterocycles. The number of anilines is 2. The maximum atomic E-state index is 4.46. The van der Waals surface area contributed by atoms with Crippen LogP contribution in [0.4, 0.5) is 11.8 Å². The first-order chi connectivity index (χ1) is 7.69. The largest absolute Gasteiger partial charge is 0.358 e. The van der Waals surface area contributed by atoms with Gasteiger partial charge >= 0.3 is 0 Å². The maximum Gasteiger partial charge on any atom is 0.224 e. The first kappa shape index (κ1) is 13.6. The Bertz CT molecular complexity index is 335. The highest BCUT2D eigenvalue weighted by molar-refractivity contribution is 9.10. The molecule has 0 aliphatic heterocycles. The van der Waals surface area contributed by atoms with Crippen LogP contribution in [0.25, 0.3) is 0 Å². The second kappa shape index (κ2) is 6.96. The minimum Gasteiger partial charge on any atom is -0.358 e. The molecule has 0 amide bonds. The van der Waals surface area contributed by atoms with Crippen LogP contribution in [0, 0.1) is 0 Å². The fourth-order valence-electron chi connectivity index (χ4n) is 1.20. The molecule has 4 nitrogen and oxygen atoms in total. The molecule has 1 rings (SSSR count). The number of hydrogen-bond acceptors (Lipinski definition) is 5. The number of hydrogen-bond donors (Lipinski definition) is 1. The van der Waals surface area contributed by atoms with Crippen molar-refractivity contribution in [3.63, 3.8) is 0 Å². The third kappa shape index (κ3) is 3.83. The van der Waals surface area contributed by atoms with Crippen LogP contribution in [0.1, 0.15) is 6.92 Å². The monoisotopic (exact) mass is 304 g/mol. The summed E-state index contributed by atoms with van der Waals surface area (Å²) in [7, 11) is 2.04. The van der Waals surface area contributed by atoms with Crippen LogP contribution in [0.3, 0.4) is 0 Å². The Morgan fingerprint density at radius 3 is 2.94 bits per heavy atom. The number of nitrogens with zero attached hydrogens (tertiary/aromatic N) is 3. The Balaban J connectivity index is 2.79. The van der Waals surface area contributed by atoms with Crippen molar-refractivity contribution in [3.8, 4) is 0 Å². The van der Waals surface area contributed by atoms with E-state index in [2.05, 4.69) is 42.4 Å². The van der Waals surface area contributed by atoms with Crippen molar-refractivity contribution in [2.45, 2.75) is 6.92 Å². The van der Waals surface area contributed by atoms with Crippen molar-refractivity contribution in [2.24, 2.45) is 0 Å². The molecule has 16 heavy (non-hydrogen) atoms. The third-order valence-corrected chi connectivity index (χ3v) is 3.20. The van der Waals surface area contributed by atoms with Crippen molar-refractivity contribution < 1.29 is 0 Å². The molecule has 0 aliphatic carbocycles. The van der Waals surface area contributed by atoms with Gasteiger partial charge in [-0.3, -0.25) is 0 Å². The lowest BCUT2D eigenvalue weighted by molar-refractivity contribution is 0.928. The van der Waals surface area contributed by atoms with E-state index in [9.17, 15) is 0 Å². The average molecular weight is 305 g/mol. The molecule has 0 aromatic carbocycles. The van der Waals surface area contributed by atoms with Gasteiger partial charge in [-0.25, -0.2) is 4.98 Å². The van der Waals surface area contributed by atoms with E-state index in [-0.39, 0.29) is 0 Å². The Hall–Kier alpha value is -0.490. The summed E-state index contributed by atoms with van der Waals surface area (Å²) in [4.78, 5) is 10.8. The Morgan fingerprint density at radius 1 is 1.56 bits per heavy atom. The molecule has 1 N–H and O–H groups in total. The lowest BCUT2D eigenvalue weighted by Crippen LogP contribution is -2.22. The zero-order valence-electron chi connectivity index (χ0n) is 9.83. The molecule has 0 fully saturated rings. The van der Waals surface area contributed by atoms with Gasteiger partial charge < -0.3 is 10.2 Å². The molecule has 0 atom stereocenters. The number of nitrogens with one attached hydrogen (secondary N) is 1. The van der Waals surface area contributed by atoms with Crippen LogP contribution < -0.4 is 10.2 Å². The van der Waals surface area contributed by atoms with E-state index in [4.69, 9.17) is 0 Å². The molecular weight excluding hydrogens is 288 g/mol. The first-order valence-corrected chi connectivity index (χ1v) is 7.34. The molecule has 0 spiro atoms. The Morgan fingerprint density at radius 2 is 2.31 bits per heavy atom. The summed E-state index contributed by atoms with van der Waals surface area (Å²) in [6.07, 6.45) is 3.89. The summed E-state index contributed by atoms with van der Waals surface area (Å²) < 4.78 is 0.928. The van der Waals surface area contributed by atoms with Crippen molar-refractivity contribution >= 4 is 39.5 Å². The summed E-state index contributed by atoms with van der Waals surface area (Å²) in [5.74, 6) is 2.69. The van der Waals surface area contributed by atoms with Gasteiger partial charge in [-0.05, 0) is 29.1 Å². The van der Waals surface area contributed by atoms with Gasteiger partial charge in [-0.2, -0.15) is 16.7 Å². The van der Waals surface area contributed by atoms with Crippen LogP contribution in [-0.2, 0) is 0 Å². The van der Waals surface area contributed by atoms with Crippen molar-refractivity contribution in [1.29, 1.82) is 0 Å². The fraction of sp³-hybridized carbons (Fsp3) is 0.600. The predicted molar refractivity (Wildman–Crippen MR) is 75.5 cm³/mol. The molecule has 0 saturated heterocycles. The van der Waals surface area contributed by atoms with E-state index in [0.717, 1.165) is 29.1 Å². The highest BCUT2D eigenvalue weighted by Gasteiger charge is 2.09. The Kier molecular flexibility index (Phi) is 5.90. The zero-order chi connectivity index (χ0) is 12.0. The molecule has 90 valence electrons. The smallest absolute Gasteiger partial charge is 0.224 e. The minimum absolute atomic E-state index is 0.678.